The lowest BCUT2D eigenvalue weighted by atomic mass is 10.0. The van der Waals surface area contributed by atoms with Gasteiger partial charge < -0.3 is 9.64 Å². The molecule has 0 N–H and O–H groups in total. The van der Waals surface area contributed by atoms with Gasteiger partial charge in [0.15, 0.2) is 0 Å². The number of nitrogens with zero attached hydrogens (tertiary/aromatic N) is 1. The second-order valence-electron chi connectivity index (χ2n) is 4.34. The molecule has 0 saturated heterocycles. The minimum absolute atomic E-state index is 0.0991. The highest BCUT2D eigenvalue weighted by Crippen LogP contribution is 2.25. The summed E-state index contributed by atoms with van der Waals surface area (Å²) in [5, 5.41) is 0. The fraction of sp³-hybridized carbons (Fsp3) is 0.667. The fourth-order valence-electron chi connectivity index (χ4n) is 1.64. The number of hydrogen-bond acceptors (Lipinski definition) is 3. The third-order valence-corrected chi connectivity index (χ3v) is 2.64. The first-order chi connectivity index (χ1) is 7.47. The van der Waals surface area contributed by atoms with Crippen molar-refractivity contribution in [2.24, 2.45) is 5.92 Å². The molecule has 1 atom stereocenters. The van der Waals surface area contributed by atoms with Gasteiger partial charge in [0.25, 0.3) is 0 Å². The Balaban J connectivity index is 2.74. The van der Waals surface area contributed by atoms with Gasteiger partial charge in [-0.25, -0.2) is 0 Å². The van der Waals surface area contributed by atoms with Crippen molar-refractivity contribution in [2.75, 3.05) is 7.05 Å². The molecule has 0 aromatic carbocycles. The van der Waals surface area contributed by atoms with Gasteiger partial charge in [-0.05, 0) is 17.9 Å². The predicted octanol–water partition coefficient (Wildman–Crippen LogP) is 1.71. The molecule has 0 radical (unpaired) electrons. The molecule has 0 aromatic rings. The molecule has 0 fully saturated rings. The van der Waals surface area contributed by atoms with Crippen molar-refractivity contribution < 1.29 is 14.3 Å². The largest absolute Gasteiger partial charge is 0.437 e. The molecule has 0 spiro atoms. The Labute approximate surface area is 96.3 Å². The third-order valence-electron chi connectivity index (χ3n) is 2.64. The van der Waals surface area contributed by atoms with Crippen LogP contribution in [0.15, 0.2) is 11.6 Å². The summed E-state index contributed by atoms with van der Waals surface area (Å²) in [5.41, 5.74) is 0.872. The van der Waals surface area contributed by atoms with Crippen LogP contribution in [0, 0.1) is 5.92 Å². The van der Waals surface area contributed by atoms with E-state index in [0.717, 1.165) is 12.0 Å². The summed E-state index contributed by atoms with van der Waals surface area (Å²) in [4.78, 5) is 24.4. The number of rotatable bonds is 4. The molecule has 1 rings (SSSR count). The fourth-order valence-corrected chi connectivity index (χ4v) is 1.64. The Morgan fingerprint density at radius 3 is 2.69 bits per heavy atom. The van der Waals surface area contributed by atoms with E-state index < -0.39 is 6.23 Å². The normalized spacial score (nSPS) is 20.3. The van der Waals surface area contributed by atoms with Crippen LogP contribution in [0.25, 0.3) is 0 Å². The number of amides is 1. The van der Waals surface area contributed by atoms with Crippen LogP contribution in [0.2, 0.25) is 0 Å². The first-order valence-electron chi connectivity index (χ1n) is 5.65. The van der Waals surface area contributed by atoms with Gasteiger partial charge in [0.05, 0.1) is 0 Å². The molecule has 0 aromatic heterocycles. The molecule has 1 unspecified atom stereocenters. The zero-order valence-corrected chi connectivity index (χ0v) is 10.3. The topological polar surface area (TPSA) is 46.6 Å². The molecule has 1 aliphatic heterocycles. The molecule has 0 bridgehead atoms. The van der Waals surface area contributed by atoms with Crippen LogP contribution in [0.1, 0.15) is 33.6 Å². The quantitative estimate of drug-likeness (QED) is 0.684. The summed E-state index contributed by atoms with van der Waals surface area (Å²) >= 11 is 0. The van der Waals surface area contributed by atoms with Gasteiger partial charge in [0.2, 0.25) is 12.1 Å². The molecular weight excluding hydrogens is 206 g/mol. The van der Waals surface area contributed by atoms with E-state index in [9.17, 15) is 9.59 Å². The van der Waals surface area contributed by atoms with E-state index in [2.05, 4.69) is 0 Å². The average Bonchev–Trinajstić information content (AvgIpc) is 2.46. The Hall–Kier alpha value is -1.32. The molecule has 1 amide bonds. The minimum atomic E-state index is -0.508. The lowest BCUT2D eigenvalue weighted by Gasteiger charge is -2.24. The smallest absolute Gasteiger partial charge is 0.307 e. The van der Waals surface area contributed by atoms with Crippen LogP contribution < -0.4 is 0 Å². The summed E-state index contributed by atoms with van der Waals surface area (Å²) in [6.07, 6.45) is 2.20. The lowest BCUT2D eigenvalue weighted by Crippen LogP contribution is -2.36. The number of esters is 1. The van der Waals surface area contributed by atoms with E-state index >= 15 is 0 Å². The van der Waals surface area contributed by atoms with E-state index in [1.54, 1.807) is 13.1 Å². The predicted molar refractivity (Wildman–Crippen MR) is 60.5 cm³/mol. The van der Waals surface area contributed by atoms with Gasteiger partial charge in [-0.1, -0.05) is 20.8 Å². The maximum atomic E-state index is 11.5. The standard InChI is InChI=1S/C12H19NO3/c1-5-6-11(15)16-12-9(8(2)3)7-10(14)13(12)4/h7-8,12H,5-6H2,1-4H3. The number of hydrogen-bond donors (Lipinski definition) is 0. The SMILES string of the molecule is CCCC(=O)OC1C(C(C)C)=CC(=O)N1C. The lowest BCUT2D eigenvalue weighted by molar-refractivity contribution is -0.156. The van der Waals surface area contributed by atoms with Crippen LogP contribution in [-0.4, -0.2) is 30.1 Å². The molecule has 1 aliphatic rings. The first kappa shape index (κ1) is 12.7. The van der Waals surface area contributed by atoms with E-state index in [4.69, 9.17) is 4.74 Å². The van der Waals surface area contributed by atoms with Crippen LogP contribution in [0.4, 0.5) is 0 Å². The summed E-state index contributed by atoms with van der Waals surface area (Å²) in [5.74, 6) is -0.146. The van der Waals surface area contributed by atoms with E-state index in [-0.39, 0.29) is 17.8 Å². The monoisotopic (exact) mass is 225 g/mol. The molecule has 16 heavy (non-hydrogen) atoms. The maximum absolute atomic E-state index is 11.5. The number of likely N-dealkylation sites (N-methyl/N-ethyl adjacent to an activating group) is 1. The summed E-state index contributed by atoms with van der Waals surface area (Å²) in [6, 6.07) is 0. The van der Waals surface area contributed by atoms with Crippen molar-refractivity contribution >= 4 is 11.9 Å². The Morgan fingerprint density at radius 1 is 1.56 bits per heavy atom. The van der Waals surface area contributed by atoms with E-state index in [0.29, 0.717) is 6.42 Å². The molecular formula is C12H19NO3. The zero-order chi connectivity index (χ0) is 12.3. The Kier molecular flexibility index (Phi) is 4.10. The van der Waals surface area contributed by atoms with Crippen LogP contribution in [-0.2, 0) is 14.3 Å². The van der Waals surface area contributed by atoms with Crippen molar-refractivity contribution in [2.45, 2.75) is 39.8 Å². The zero-order valence-electron chi connectivity index (χ0n) is 10.3. The second-order valence-corrected chi connectivity index (χ2v) is 4.34. The summed E-state index contributed by atoms with van der Waals surface area (Å²) in [7, 11) is 1.65. The van der Waals surface area contributed by atoms with Crippen LogP contribution >= 0.6 is 0 Å². The van der Waals surface area contributed by atoms with Crippen molar-refractivity contribution in [3.63, 3.8) is 0 Å². The maximum Gasteiger partial charge on any atom is 0.307 e. The van der Waals surface area contributed by atoms with Gasteiger partial charge >= 0.3 is 5.97 Å². The number of ether oxygens (including phenoxy) is 1. The highest BCUT2D eigenvalue weighted by Gasteiger charge is 2.33. The Morgan fingerprint density at radius 2 is 2.19 bits per heavy atom. The second kappa shape index (κ2) is 5.14. The number of carbonyl (C=O) groups is 2. The summed E-state index contributed by atoms with van der Waals surface area (Å²) < 4.78 is 5.31. The minimum Gasteiger partial charge on any atom is -0.437 e. The van der Waals surface area contributed by atoms with E-state index in [1.165, 1.54) is 4.90 Å². The Bertz CT molecular complexity index is 320. The molecule has 1 heterocycles. The number of carbonyl (C=O) groups excluding carboxylic acids is 2. The van der Waals surface area contributed by atoms with Gasteiger partial charge in [0, 0.05) is 19.5 Å². The summed E-state index contributed by atoms with van der Waals surface area (Å²) in [6.45, 7) is 5.89. The molecule has 4 nitrogen and oxygen atoms in total. The first-order valence-corrected chi connectivity index (χ1v) is 5.65. The van der Waals surface area contributed by atoms with Gasteiger partial charge in [0.1, 0.15) is 0 Å². The van der Waals surface area contributed by atoms with Crippen LogP contribution in [0.5, 0.6) is 0 Å². The van der Waals surface area contributed by atoms with Crippen molar-refractivity contribution in [3.8, 4) is 0 Å². The van der Waals surface area contributed by atoms with Gasteiger partial charge in [-0.15, -0.1) is 0 Å². The third kappa shape index (κ3) is 2.62. The highest BCUT2D eigenvalue weighted by atomic mass is 16.6. The molecule has 0 aliphatic carbocycles. The van der Waals surface area contributed by atoms with Gasteiger partial charge in [-0.3, -0.25) is 9.59 Å². The molecule has 4 heteroatoms. The highest BCUT2D eigenvalue weighted by molar-refractivity contribution is 5.91. The van der Waals surface area contributed by atoms with Crippen molar-refractivity contribution in [1.29, 1.82) is 0 Å². The van der Waals surface area contributed by atoms with Crippen molar-refractivity contribution in [1.82, 2.24) is 4.90 Å². The molecule has 90 valence electrons. The molecule has 0 saturated carbocycles. The van der Waals surface area contributed by atoms with Crippen molar-refractivity contribution in [3.05, 3.63) is 11.6 Å². The van der Waals surface area contributed by atoms with E-state index in [1.807, 2.05) is 20.8 Å². The average molecular weight is 225 g/mol. The van der Waals surface area contributed by atoms with Gasteiger partial charge in [-0.2, -0.15) is 0 Å². The van der Waals surface area contributed by atoms with Crippen LogP contribution in [0.3, 0.4) is 0 Å².